The normalized spacial score (nSPS) is 12.8. The van der Waals surface area contributed by atoms with Crippen molar-refractivity contribution in [2.45, 2.75) is 4.90 Å². The SMILES string of the molecule is O=S(=O)(O)S(=O)(=O)c1cccc2ccccc12. The zero-order valence-corrected chi connectivity index (χ0v) is 10.1. The molecule has 0 bridgehead atoms. The van der Waals surface area contributed by atoms with Gasteiger partial charge in [-0.2, -0.15) is 8.42 Å². The molecule has 17 heavy (non-hydrogen) atoms. The zero-order valence-electron chi connectivity index (χ0n) is 8.44. The third-order valence-electron chi connectivity index (χ3n) is 2.30. The van der Waals surface area contributed by atoms with Crippen molar-refractivity contribution in [3.63, 3.8) is 0 Å². The Labute approximate surface area is 97.8 Å². The Morgan fingerprint density at radius 2 is 1.41 bits per heavy atom. The molecule has 0 aliphatic carbocycles. The van der Waals surface area contributed by atoms with Crippen molar-refractivity contribution >= 4 is 28.8 Å². The number of hydrogen-bond acceptors (Lipinski definition) is 4. The lowest BCUT2D eigenvalue weighted by Gasteiger charge is -2.05. The molecule has 90 valence electrons. The van der Waals surface area contributed by atoms with Crippen LogP contribution in [-0.2, 0) is 18.0 Å². The lowest BCUT2D eigenvalue weighted by molar-refractivity contribution is 0.493. The second-order valence-corrected chi connectivity index (χ2v) is 8.14. The van der Waals surface area contributed by atoms with E-state index in [0.29, 0.717) is 5.39 Å². The van der Waals surface area contributed by atoms with Crippen LogP contribution in [0.5, 0.6) is 0 Å². The minimum absolute atomic E-state index is 0.257. The van der Waals surface area contributed by atoms with E-state index in [2.05, 4.69) is 0 Å². The summed E-state index contributed by atoms with van der Waals surface area (Å²) in [4.78, 5) is -0.418. The van der Waals surface area contributed by atoms with Crippen LogP contribution in [0.15, 0.2) is 47.4 Å². The summed E-state index contributed by atoms with van der Waals surface area (Å²) in [5.41, 5.74) is 0. The maximum Gasteiger partial charge on any atom is 0.377 e. The minimum atomic E-state index is -5.17. The quantitative estimate of drug-likeness (QED) is 0.659. The fraction of sp³-hybridized carbons (Fsp3) is 0. The van der Waals surface area contributed by atoms with Gasteiger partial charge >= 0.3 is 18.0 Å². The summed E-state index contributed by atoms with van der Waals surface area (Å²) in [5, 5.41) is 0.838. The molecule has 0 amide bonds. The van der Waals surface area contributed by atoms with Crippen LogP contribution in [0.2, 0.25) is 0 Å². The number of benzene rings is 2. The van der Waals surface area contributed by atoms with Crippen molar-refractivity contribution in [3.05, 3.63) is 42.5 Å². The van der Waals surface area contributed by atoms with Crippen LogP contribution in [0.4, 0.5) is 0 Å². The van der Waals surface area contributed by atoms with Crippen LogP contribution in [-0.4, -0.2) is 21.4 Å². The van der Waals surface area contributed by atoms with Crippen molar-refractivity contribution in [1.82, 2.24) is 0 Å². The molecule has 0 atom stereocenters. The molecule has 0 saturated carbocycles. The second kappa shape index (κ2) is 3.80. The van der Waals surface area contributed by atoms with E-state index in [9.17, 15) is 16.8 Å². The van der Waals surface area contributed by atoms with Gasteiger partial charge in [0.1, 0.15) is 0 Å². The summed E-state index contributed by atoms with van der Waals surface area (Å²) in [5.74, 6) is 0. The molecule has 0 aliphatic heterocycles. The van der Waals surface area contributed by atoms with E-state index in [1.807, 2.05) is 0 Å². The van der Waals surface area contributed by atoms with Crippen LogP contribution in [0.3, 0.4) is 0 Å². The highest BCUT2D eigenvalue weighted by Gasteiger charge is 2.30. The maximum absolute atomic E-state index is 11.6. The van der Waals surface area contributed by atoms with Crippen LogP contribution >= 0.6 is 0 Å². The first-order valence-electron chi connectivity index (χ1n) is 4.54. The van der Waals surface area contributed by atoms with Gasteiger partial charge in [0.15, 0.2) is 0 Å². The topological polar surface area (TPSA) is 88.5 Å². The predicted octanol–water partition coefficient (Wildman–Crippen LogP) is 1.42. The number of fused-ring (bicyclic) bond motifs is 1. The molecule has 0 radical (unpaired) electrons. The largest absolute Gasteiger partial charge is 0.377 e. The van der Waals surface area contributed by atoms with Gasteiger partial charge in [-0.3, -0.25) is 4.55 Å². The third kappa shape index (κ3) is 1.92. The molecular formula is C10H8O5S2. The van der Waals surface area contributed by atoms with E-state index >= 15 is 0 Å². The highest BCUT2D eigenvalue weighted by Crippen LogP contribution is 2.25. The molecule has 0 heterocycles. The van der Waals surface area contributed by atoms with E-state index in [0.717, 1.165) is 6.07 Å². The fourth-order valence-corrected chi connectivity index (χ4v) is 3.57. The smallest absolute Gasteiger partial charge is 0.273 e. The predicted molar refractivity (Wildman–Crippen MR) is 62.7 cm³/mol. The Bertz CT molecular complexity index is 770. The van der Waals surface area contributed by atoms with E-state index < -0.39 is 22.9 Å². The first-order chi connectivity index (χ1) is 7.84. The van der Waals surface area contributed by atoms with Gasteiger partial charge < -0.3 is 0 Å². The highest BCUT2D eigenvalue weighted by atomic mass is 33.2. The van der Waals surface area contributed by atoms with E-state index in [1.54, 1.807) is 24.3 Å². The third-order valence-corrected chi connectivity index (χ3v) is 5.95. The molecule has 0 fully saturated rings. The maximum atomic E-state index is 11.6. The van der Waals surface area contributed by atoms with Crippen molar-refractivity contribution in [2.75, 3.05) is 0 Å². The Morgan fingerprint density at radius 1 is 0.824 bits per heavy atom. The van der Waals surface area contributed by atoms with Crippen molar-refractivity contribution in [3.8, 4) is 0 Å². The molecule has 2 rings (SSSR count). The van der Waals surface area contributed by atoms with Gasteiger partial charge in [0, 0.05) is 5.39 Å². The van der Waals surface area contributed by atoms with Crippen LogP contribution < -0.4 is 0 Å². The molecule has 0 aromatic heterocycles. The average molecular weight is 272 g/mol. The summed E-state index contributed by atoms with van der Waals surface area (Å²) >= 11 is 0. The molecule has 2 aromatic carbocycles. The standard InChI is InChI=1S/C10H8O5S2/c11-16(12,17(13,14)15)10-7-3-5-8-4-1-2-6-9(8)10/h1-7H,(H,13,14,15). The first kappa shape index (κ1) is 12.0. The Balaban J connectivity index is 2.91. The molecule has 0 spiro atoms. The van der Waals surface area contributed by atoms with Gasteiger partial charge in [-0.15, -0.1) is 0 Å². The Hall–Kier alpha value is -1.44. The van der Waals surface area contributed by atoms with Gasteiger partial charge in [-0.25, -0.2) is 8.42 Å². The summed E-state index contributed by atoms with van der Waals surface area (Å²) in [6.45, 7) is 0. The van der Waals surface area contributed by atoms with Gasteiger partial charge in [-0.1, -0.05) is 36.4 Å². The van der Waals surface area contributed by atoms with Gasteiger partial charge in [0.25, 0.3) is 0 Å². The molecule has 0 saturated heterocycles. The Kier molecular flexibility index (Phi) is 2.69. The lowest BCUT2D eigenvalue weighted by atomic mass is 10.1. The van der Waals surface area contributed by atoms with Crippen molar-refractivity contribution in [2.24, 2.45) is 0 Å². The minimum Gasteiger partial charge on any atom is -0.273 e. The molecular weight excluding hydrogens is 264 g/mol. The average Bonchev–Trinajstić information content (AvgIpc) is 2.26. The first-order valence-corrected chi connectivity index (χ1v) is 7.98. The Morgan fingerprint density at radius 3 is 2.06 bits per heavy atom. The molecule has 0 aliphatic rings. The molecule has 0 unspecified atom stereocenters. The molecule has 7 heteroatoms. The second-order valence-electron chi connectivity index (χ2n) is 3.36. The van der Waals surface area contributed by atoms with E-state index in [4.69, 9.17) is 4.55 Å². The van der Waals surface area contributed by atoms with Crippen LogP contribution in [0.25, 0.3) is 10.8 Å². The van der Waals surface area contributed by atoms with Crippen LogP contribution in [0, 0.1) is 0 Å². The van der Waals surface area contributed by atoms with Gasteiger partial charge in [0.05, 0.1) is 4.90 Å². The monoisotopic (exact) mass is 272 g/mol. The summed E-state index contributed by atoms with van der Waals surface area (Å²) < 4.78 is 53.7. The van der Waals surface area contributed by atoms with Crippen molar-refractivity contribution < 1.29 is 21.4 Å². The highest BCUT2D eigenvalue weighted by molar-refractivity contribution is 8.65. The summed E-state index contributed by atoms with van der Waals surface area (Å²) in [7, 11) is -9.95. The van der Waals surface area contributed by atoms with Gasteiger partial charge in [0.2, 0.25) is 0 Å². The molecule has 1 N–H and O–H groups in total. The van der Waals surface area contributed by atoms with Crippen molar-refractivity contribution in [1.29, 1.82) is 0 Å². The molecule has 5 nitrogen and oxygen atoms in total. The number of rotatable bonds is 2. The fourth-order valence-electron chi connectivity index (χ4n) is 1.53. The van der Waals surface area contributed by atoms with E-state index in [1.165, 1.54) is 12.1 Å². The lowest BCUT2D eigenvalue weighted by Crippen LogP contribution is -2.14. The van der Waals surface area contributed by atoms with E-state index in [-0.39, 0.29) is 5.39 Å². The summed E-state index contributed by atoms with van der Waals surface area (Å²) in [6, 6.07) is 10.6. The molecule has 2 aromatic rings. The van der Waals surface area contributed by atoms with Gasteiger partial charge in [-0.05, 0) is 11.5 Å². The zero-order chi connectivity index (χ0) is 12.7. The van der Waals surface area contributed by atoms with Crippen LogP contribution in [0.1, 0.15) is 0 Å². The summed E-state index contributed by atoms with van der Waals surface area (Å²) in [6.07, 6.45) is 0. The number of hydrogen-bond donors (Lipinski definition) is 1.